The van der Waals surface area contributed by atoms with Crippen LogP contribution in [-0.4, -0.2) is 29.3 Å². The van der Waals surface area contributed by atoms with Crippen LogP contribution in [0.25, 0.3) is 0 Å². The summed E-state index contributed by atoms with van der Waals surface area (Å²) >= 11 is 1.19. The first-order valence-corrected chi connectivity index (χ1v) is 6.46. The summed E-state index contributed by atoms with van der Waals surface area (Å²) in [5.41, 5.74) is 0. The molecule has 6 nitrogen and oxygen atoms in total. The van der Waals surface area contributed by atoms with Gasteiger partial charge in [-0.1, -0.05) is 11.8 Å². The smallest absolute Gasteiger partial charge is 0.277 e. The summed E-state index contributed by atoms with van der Waals surface area (Å²) in [5, 5.41) is 7.96. The maximum absolute atomic E-state index is 10.2. The van der Waals surface area contributed by atoms with Crippen LogP contribution >= 0.6 is 11.8 Å². The molecule has 100 valence electrons. The minimum atomic E-state index is 0.182. The summed E-state index contributed by atoms with van der Waals surface area (Å²) in [6, 6.07) is 7.18. The zero-order chi connectivity index (χ0) is 13.5. The number of thioether (sulfide) groups is 1. The molecule has 7 heteroatoms. The van der Waals surface area contributed by atoms with Gasteiger partial charge in [0.15, 0.2) is 6.61 Å². The van der Waals surface area contributed by atoms with E-state index in [1.54, 1.807) is 31.4 Å². The van der Waals surface area contributed by atoms with Gasteiger partial charge in [0.1, 0.15) is 17.8 Å². The van der Waals surface area contributed by atoms with Crippen molar-refractivity contribution in [3.8, 4) is 11.5 Å². The predicted octanol–water partition coefficient (Wildman–Crippen LogP) is 1.95. The van der Waals surface area contributed by atoms with Crippen molar-refractivity contribution in [1.82, 2.24) is 10.2 Å². The molecule has 0 saturated carbocycles. The van der Waals surface area contributed by atoms with Crippen LogP contribution in [0.4, 0.5) is 0 Å². The van der Waals surface area contributed by atoms with Crippen LogP contribution in [0.1, 0.15) is 5.89 Å². The minimum absolute atomic E-state index is 0.182. The van der Waals surface area contributed by atoms with Crippen molar-refractivity contribution in [2.45, 2.75) is 11.8 Å². The Bertz CT molecular complexity index is 527. The predicted molar refractivity (Wildman–Crippen MR) is 68.4 cm³/mol. The number of aldehydes is 1. The molecule has 2 rings (SSSR count). The van der Waals surface area contributed by atoms with Crippen molar-refractivity contribution in [2.24, 2.45) is 0 Å². The molecule has 1 aromatic carbocycles. The lowest BCUT2D eigenvalue weighted by atomic mass is 10.3. The van der Waals surface area contributed by atoms with E-state index >= 15 is 0 Å². The molecule has 1 aromatic heterocycles. The fourth-order valence-corrected chi connectivity index (χ4v) is 1.74. The molecule has 0 fully saturated rings. The van der Waals surface area contributed by atoms with Gasteiger partial charge in [-0.15, -0.1) is 10.2 Å². The lowest BCUT2D eigenvalue weighted by Crippen LogP contribution is -1.95. The van der Waals surface area contributed by atoms with Crippen LogP contribution in [0.2, 0.25) is 0 Å². The first-order valence-electron chi connectivity index (χ1n) is 5.47. The van der Waals surface area contributed by atoms with Gasteiger partial charge >= 0.3 is 0 Å². The van der Waals surface area contributed by atoms with Crippen molar-refractivity contribution < 1.29 is 18.7 Å². The number of carbonyl (C=O) groups excluding carboxylic acids is 1. The second-order valence-corrected chi connectivity index (χ2v) is 4.37. The Morgan fingerprint density at radius 1 is 1.26 bits per heavy atom. The van der Waals surface area contributed by atoms with Crippen LogP contribution in [0.5, 0.6) is 11.5 Å². The second-order valence-electron chi connectivity index (χ2n) is 3.40. The first-order chi connectivity index (χ1) is 9.31. The number of ether oxygens (including phenoxy) is 2. The number of rotatable bonds is 7. The van der Waals surface area contributed by atoms with E-state index in [1.807, 2.05) is 0 Å². The maximum Gasteiger partial charge on any atom is 0.277 e. The molecule has 1 heterocycles. The highest BCUT2D eigenvalue weighted by atomic mass is 32.2. The van der Waals surface area contributed by atoms with Crippen LogP contribution in [0.3, 0.4) is 0 Å². The normalized spacial score (nSPS) is 10.2. The topological polar surface area (TPSA) is 74.5 Å². The van der Waals surface area contributed by atoms with Gasteiger partial charge in [-0.25, -0.2) is 0 Å². The molecule has 0 aliphatic rings. The van der Waals surface area contributed by atoms with E-state index < -0.39 is 0 Å². The van der Waals surface area contributed by atoms with E-state index in [1.165, 1.54) is 11.8 Å². The van der Waals surface area contributed by atoms with Gasteiger partial charge in [-0.05, 0) is 24.3 Å². The van der Waals surface area contributed by atoms with Gasteiger partial charge in [0, 0.05) is 0 Å². The molecule has 0 aliphatic heterocycles. The van der Waals surface area contributed by atoms with Gasteiger partial charge in [0.25, 0.3) is 11.1 Å². The SMILES string of the molecule is COc1ccc(OCc2nnc(SCC=O)o2)cc1. The molecule has 0 bridgehead atoms. The number of hydrogen-bond donors (Lipinski definition) is 0. The highest BCUT2D eigenvalue weighted by molar-refractivity contribution is 7.99. The summed E-state index contributed by atoms with van der Waals surface area (Å²) in [7, 11) is 1.60. The molecule has 0 saturated heterocycles. The third-order valence-corrected chi connectivity index (χ3v) is 2.86. The maximum atomic E-state index is 10.2. The van der Waals surface area contributed by atoms with E-state index in [-0.39, 0.29) is 6.61 Å². The third-order valence-electron chi connectivity index (χ3n) is 2.14. The fourth-order valence-electron chi connectivity index (χ4n) is 1.28. The van der Waals surface area contributed by atoms with Gasteiger partial charge < -0.3 is 18.7 Å². The second kappa shape index (κ2) is 6.79. The summed E-state index contributed by atoms with van der Waals surface area (Å²) in [6.07, 6.45) is 0.780. The standard InChI is InChI=1S/C12H12N2O4S/c1-16-9-2-4-10(5-3-9)17-8-11-13-14-12(18-11)19-7-6-15/h2-6H,7-8H2,1H3. The molecule has 19 heavy (non-hydrogen) atoms. The zero-order valence-corrected chi connectivity index (χ0v) is 11.1. The molecule has 0 amide bonds. The van der Waals surface area contributed by atoms with Crippen molar-refractivity contribution in [2.75, 3.05) is 12.9 Å². The Hall–Kier alpha value is -2.02. The minimum Gasteiger partial charge on any atom is -0.497 e. The Labute approximate surface area is 114 Å². The summed E-state index contributed by atoms with van der Waals surface area (Å²) < 4.78 is 15.8. The highest BCUT2D eigenvalue weighted by Gasteiger charge is 2.07. The number of hydrogen-bond acceptors (Lipinski definition) is 7. The van der Waals surface area contributed by atoms with Crippen molar-refractivity contribution in [3.63, 3.8) is 0 Å². The van der Waals surface area contributed by atoms with Crippen molar-refractivity contribution in [1.29, 1.82) is 0 Å². The van der Waals surface area contributed by atoms with E-state index in [4.69, 9.17) is 13.9 Å². The van der Waals surface area contributed by atoms with Gasteiger partial charge in [0.05, 0.1) is 12.9 Å². The lowest BCUT2D eigenvalue weighted by molar-refractivity contribution is -0.105. The third kappa shape index (κ3) is 3.99. The first kappa shape index (κ1) is 13.4. The van der Waals surface area contributed by atoms with Gasteiger partial charge in [-0.2, -0.15) is 0 Å². The Morgan fingerprint density at radius 3 is 2.68 bits per heavy atom. The number of methoxy groups -OCH3 is 1. The van der Waals surface area contributed by atoms with E-state index in [0.717, 1.165) is 12.0 Å². The van der Waals surface area contributed by atoms with Gasteiger partial charge in [-0.3, -0.25) is 0 Å². The fraction of sp³-hybridized carbons (Fsp3) is 0.250. The molecule has 0 aliphatic carbocycles. The number of nitrogens with zero attached hydrogens (tertiary/aromatic N) is 2. The molecule has 2 aromatic rings. The van der Waals surface area contributed by atoms with E-state index in [0.29, 0.717) is 22.6 Å². The molecule has 0 spiro atoms. The molecule has 0 unspecified atom stereocenters. The lowest BCUT2D eigenvalue weighted by Gasteiger charge is -2.04. The molecular weight excluding hydrogens is 268 g/mol. The van der Waals surface area contributed by atoms with Crippen LogP contribution in [0.15, 0.2) is 33.9 Å². The molecule has 0 radical (unpaired) electrons. The number of benzene rings is 1. The van der Waals surface area contributed by atoms with Crippen LogP contribution < -0.4 is 9.47 Å². The Balaban J connectivity index is 1.87. The van der Waals surface area contributed by atoms with Gasteiger partial charge in [0.2, 0.25) is 0 Å². The Morgan fingerprint density at radius 2 is 2.00 bits per heavy atom. The van der Waals surface area contributed by atoms with Crippen LogP contribution in [-0.2, 0) is 11.4 Å². The average molecular weight is 280 g/mol. The zero-order valence-electron chi connectivity index (χ0n) is 10.2. The molecule has 0 atom stereocenters. The monoisotopic (exact) mass is 280 g/mol. The molecular formula is C12H12N2O4S. The summed E-state index contributed by atoms with van der Waals surface area (Å²) in [5.74, 6) is 2.10. The van der Waals surface area contributed by atoms with Crippen molar-refractivity contribution >= 4 is 18.0 Å². The Kier molecular flexibility index (Phi) is 4.79. The summed E-state index contributed by atoms with van der Waals surface area (Å²) in [6.45, 7) is 0.182. The quantitative estimate of drug-likeness (QED) is 0.566. The van der Waals surface area contributed by atoms with Crippen LogP contribution in [0, 0.1) is 0 Å². The van der Waals surface area contributed by atoms with Crippen molar-refractivity contribution in [3.05, 3.63) is 30.2 Å². The number of carbonyl (C=O) groups is 1. The highest BCUT2D eigenvalue weighted by Crippen LogP contribution is 2.19. The summed E-state index contributed by atoms with van der Waals surface area (Å²) in [4.78, 5) is 10.2. The molecule has 0 N–H and O–H groups in total. The average Bonchev–Trinajstić information content (AvgIpc) is 2.91. The van der Waals surface area contributed by atoms with E-state index in [2.05, 4.69) is 10.2 Å². The van der Waals surface area contributed by atoms with E-state index in [9.17, 15) is 4.79 Å². The number of aromatic nitrogens is 2. The largest absolute Gasteiger partial charge is 0.497 e.